The van der Waals surface area contributed by atoms with Crippen molar-refractivity contribution in [2.75, 3.05) is 31.1 Å². The number of hydrogen-bond donors (Lipinski definition) is 1. The Balaban J connectivity index is 1.49. The lowest BCUT2D eigenvalue weighted by Crippen LogP contribution is -2.48. The molecule has 1 aliphatic rings. The van der Waals surface area contributed by atoms with E-state index in [1.165, 1.54) is 18.2 Å². The summed E-state index contributed by atoms with van der Waals surface area (Å²) in [5.74, 6) is -0.459. The molecule has 0 bridgehead atoms. The van der Waals surface area contributed by atoms with Gasteiger partial charge < -0.3 is 14.8 Å². The van der Waals surface area contributed by atoms with Crippen LogP contribution in [0.4, 0.5) is 15.8 Å². The summed E-state index contributed by atoms with van der Waals surface area (Å²) in [7, 11) is 0. The maximum absolute atomic E-state index is 13.1. The predicted octanol–water partition coefficient (Wildman–Crippen LogP) is 3.18. The number of aromatic nitrogens is 1. The molecule has 0 spiro atoms. The quantitative estimate of drug-likeness (QED) is 0.569. The van der Waals surface area contributed by atoms with Crippen molar-refractivity contribution in [3.8, 4) is 0 Å². The number of nitrogens with zero attached hydrogens (tertiary/aromatic N) is 3. The van der Waals surface area contributed by atoms with Gasteiger partial charge in [-0.05, 0) is 30.3 Å². The molecule has 0 atom stereocenters. The third-order valence-electron chi connectivity index (χ3n) is 4.82. The molecule has 0 radical (unpaired) electrons. The monoisotopic (exact) mass is 368 g/mol. The van der Waals surface area contributed by atoms with E-state index in [-0.39, 0.29) is 17.4 Å². The second kappa shape index (κ2) is 6.71. The number of nitro groups is 1. The molecule has 27 heavy (non-hydrogen) atoms. The van der Waals surface area contributed by atoms with E-state index in [1.807, 2.05) is 0 Å². The fourth-order valence-electron chi connectivity index (χ4n) is 3.40. The normalized spacial score (nSPS) is 14.6. The van der Waals surface area contributed by atoms with Crippen molar-refractivity contribution in [3.63, 3.8) is 0 Å². The molecule has 1 saturated heterocycles. The molecular formula is C19H17FN4O3. The molecule has 0 aliphatic carbocycles. The van der Waals surface area contributed by atoms with Crippen LogP contribution in [-0.2, 0) is 0 Å². The summed E-state index contributed by atoms with van der Waals surface area (Å²) in [5.41, 5.74) is 1.57. The number of nitro benzene ring substituents is 1. The van der Waals surface area contributed by atoms with Gasteiger partial charge in [0.05, 0.1) is 4.92 Å². The lowest BCUT2D eigenvalue weighted by atomic mass is 10.2. The van der Waals surface area contributed by atoms with E-state index in [0.717, 1.165) is 5.69 Å². The third kappa shape index (κ3) is 3.21. The summed E-state index contributed by atoms with van der Waals surface area (Å²) in [6, 6.07) is 12.7. The van der Waals surface area contributed by atoms with Crippen LogP contribution in [0.1, 0.15) is 10.5 Å². The number of piperazine rings is 1. The van der Waals surface area contributed by atoms with Crippen LogP contribution in [0.15, 0.2) is 48.5 Å². The van der Waals surface area contributed by atoms with E-state index in [0.29, 0.717) is 42.8 Å². The first-order chi connectivity index (χ1) is 13.0. The Hall–Kier alpha value is -3.42. The maximum atomic E-state index is 13.1. The number of hydrogen-bond acceptors (Lipinski definition) is 4. The van der Waals surface area contributed by atoms with Gasteiger partial charge in [0.15, 0.2) is 0 Å². The zero-order chi connectivity index (χ0) is 19.0. The summed E-state index contributed by atoms with van der Waals surface area (Å²) < 4.78 is 13.1. The van der Waals surface area contributed by atoms with E-state index in [9.17, 15) is 19.3 Å². The molecular weight excluding hydrogens is 351 g/mol. The summed E-state index contributed by atoms with van der Waals surface area (Å²) in [6.07, 6.45) is 0. The Morgan fingerprint density at radius 2 is 1.78 bits per heavy atom. The SMILES string of the molecule is O=C(c1cc2cccc([N+](=O)[O-])c2[nH]1)N1CCN(c2ccc(F)cc2)CC1. The number of non-ortho nitro benzene ring substituents is 1. The van der Waals surface area contributed by atoms with Gasteiger partial charge in [0.1, 0.15) is 17.0 Å². The fraction of sp³-hybridized carbons (Fsp3) is 0.211. The summed E-state index contributed by atoms with van der Waals surface area (Å²) in [5, 5.41) is 11.8. The van der Waals surface area contributed by atoms with Gasteiger partial charge in [0.25, 0.3) is 11.6 Å². The first kappa shape index (κ1) is 17.0. The zero-order valence-electron chi connectivity index (χ0n) is 14.4. The Morgan fingerprint density at radius 3 is 2.44 bits per heavy atom. The number of anilines is 1. The molecule has 7 nitrogen and oxygen atoms in total. The second-order valence-corrected chi connectivity index (χ2v) is 6.44. The van der Waals surface area contributed by atoms with E-state index in [2.05, 4.69) is 9.88 Å². The number of amides is 1. The molecule has 138 valence electrons. The molecule has 0 unspecified atom stereocenters. The van der Waals surface area contributed by atoms with Crippen molar-refractivity contribution >= 4 is 28.2 Å². The number of carbonyl (C=O) groups is 1. The van der Waals surface area contributed by atoms with E-state index < -0.39 is 4.92 Å². The minimum Gasteiger partial charge on any atom is -0.368 e. The van der Waals surface area contributed by atoms with Crippen molar-refractivity contribution < 1.29 is 14.1 Å². The molecule has 1 N–H and O–H groups in total. The largest absolute Gasteiger partial charge is 0.368 e. The molecule has 2 heterocycles. The number of aromatic amines is 1. The van der Waals surface area contributed by atoms with Crippen LogP contribution in [0.2, 0.25) is 0 Å². The van der Waals surface area contributed by atoms with Gasteiger partial charge in [0.2, 0.25) is 0 Å². The lowest BCUT2D eigenvalue weighted by molar-refractivity contribution is -0.383. The molecule has 2 aromatic carbocycles. The number of halogens is 1. The second-order valence-electron chi connectivity index (χ2n) is 6.44. The van der Waals surface area contributed by atoms with Crippen molar-refractivity contribution in [2.45, 2.75) is 0 Å². The summed E-state index contributed by atoms with van der Waals surface area (Å²) in [6.45, 7) is 2.32. The Morgan fingerprint density at radius 1 is 1.07 bits per heavy atom. The van der Waals surface area contributed by atoms with Gasteiger partial charge in [-0.3, -0.25) is 14.9 Å². The highest BCUT2D eigenvalue weighted by molar-refractivity contribution is 6.00. The minimum atomic E-state index is -0.464. The minimum absolute atomic E-state index is 0.0484. The van der Waals surface area contributed by atoms with E-state index in [1.54, 1.807) is 35.2 Å². The van der Waals surface area contributed by atoms with Crippen LogP contribution in [0.25, 0.3) is 10.9 Å². The summed E-state index contributed by atoms with van der Waals surface area (Å²) in [4.78, 5) is 30.2. The Bertz CT molecular complexity index is 1010. The van der Waals surface area contributed by atoms with Crippen LogP contribution in [0.5, 0.6) is 0 Å². The smallest absolute Gasteiger partial charge is 0.293 e. The summed E-state index contributed by atoms with van der Waals surface area (Å²) >= 11 is 0. The first-order valence-electron chi connectivity index (χ1n) is 8.59. The van der Waals surface area contributed by atoms with Gasteiger partial charge in [-0.1, -0.05) is 12.1 Å². The zero-order valence-corrected chi connectivity index (χ0v) is 14.4. The molecule has 1 amide bonds. The van der Waals surface area contributed by atoms with Crippen LogP contribution >= 0.6 is 0 Å². The fourth-order valence-corrected chi connectivity index (χ4v) is 3.40. The molecule has 3 aromatic rings. The highest BCUT2D eigenvalue weighted by Gasteiger charge is 2.24. The standard InChI is InChI=1S/C19H17FN4O3/c20-14-4-6-15(7-5-14)22-8-10-23(11-9-22)19(25)16-12-13-2-1-3-17(24(26)27)18(13)21-16/h1-7,12,21H,8-11H2. The maximum Gasteiger partial charge on any atom is 0.293 e. The third-order valence-corrected chi connectivity index (χ3v) is 4.82. The average Bonchev–Trinajstić information content (AvgIpc) is 3.12. The number of nitrogens with one attached hydrogen (secondary N) is 1. The molecule has 1 fully saturated rings. The first-order valence-corrected chi connectivity index (χ1v) is 8.59. The van der Waals surface area contributed by atoms with Crippen molar-refractivity contribution in [3.05, 3.63) is 70.2 Å². The number of benzene rings is 2. The predicted molar refractivity (Wildman–Crippen MR) is 99.5 cm³/mol. The van der Waals surface area contributed by atoms with Gasteiger partial charge >= 0.3 is 0 Å². The Labute approximate surface area is 154 Å². The van der Waals surface area contributed by atoms with Gasteiger partial charge in [0, 0.05) is 43.3 Å². The highest BCUT2D eigenvalue weighted by Crippen LogP contribution is 2.26. The van der Waals surface area contributed by atoms with Gasteiger partial charge in [-0.2, -0.15) is 0 Å². The Kier molecular flexibility index (Phi) is 4.23. The van der Waals surface area contributed by atoms with Crippen LogP contribution < -0.4 is 4.90 Å². The number of H-pyrrole nitrogens is 1. The van der Waals surface area contributed by atoms with Gasteiger partial charge in [-0.15, -0.1) is 0 Å². The van der Waals surface area contributed by atoms with Crippen molar-refractivity contribution in [2.24, 2.45) is 0 Å². The molecule has 4 rings (SSSR count). The average molecular weight is 368 g/mol. The topological polar surface area (TPSA) is 82.5 Å². The van der Waals surface area contributed by atoms with E-state index >= 15 is 0 Å². The van der Waals surface area contributed by atoms with Crippen molar-refractivity contribution in [1.82, 2.24) is 9.88 Å². The number of fused-ring (bicyclic) bond motifs is 1. The van der Waals surface area contributed by atoms with Crippen LogP contribution in [0.3, 0.4) is 0 Å². The highest BCUT2D eigenvalue weighted by atomic mass is 19.1. The number of carbonyl (C=O) groups excluding carboxylic acids is 1. The van der Waals surface area contributed by atoms with Crippen LogP contribution in [0, 0.1) is 15.9 Å². The number of rotatable bonds is 3. The molecule has 0 saturated carbocycles. The van der Waals surface area contributed by atoms with Crippen LogP contribution in [-0.4, -0.2) is 46.9 Å². The van der Waals surface area contributed by atoms with Crippen molar-refractivity contribution in [1.29, 1.82) is 0 Å². The van der Waals surface area contributed by atoms with E-state index in [4.69, 9.17) is 0 Å². The lowest BCUT2D eigenvalue weighted by Gasteiger charge is -2.36. The van der Waals surface area contributed by atoms with Gasteiger partial charge in [-0.25, -0.2) is 4.39 Å². The molecule has 1 aliphatic heterocycles. The molecule has 8 heteroatoms. The molecule has 1 aromatic heterocycles. The number of para-hydroxylation sites is 1.